The number of nitrogens with zero attached hydrogens (tertiary/aromatic N) is 1. The Hall–Kier alpha value is -0.0800. The molecular weight excluding hydrogens is 208 g/mol. The van der Waals surface area contributed by atoms with Crippen molar-refractivity contribution in [3.05, 3.63) is 0 Å². The summed E-state index contributed by atoms with van der Waals surface area (Å²) in [5, 5.41) is 3.41. The molecule has 0 aromatic heterocycles. The molecule has 2 nitrogen and oxygen atoms in total. The monoisotopic (exact) mass is 238 g/mol. The summed E-state index contributed by atoms with van der Waals surface area (Å²) in [5.74, 6) is 1.07. The van der Waals surface area contributed by atoms with Crippen LogP contribution in [0.3, 0.4) is 0 Å². The summed E-state index contributed by atoms with van der Waals surface area (Å²) in [7, 11) is 2.10. The Morgan fingerprint density at radius 1 is 1.00 bits per heavy atom. The lowest BCUT2D eigenvalue weighted by atomic mass is 9.86. The second-order valence-corrected chi connectivity index (χ2v) is 6.05. The van der Waals surface area contributed by atoms with Gasteiger partial charge in [-0.3, -0.25) is 0 Å². The zero-order chi connectivity index (χ0) is 11.9. The molecular formula is C15H30N2. The minimum absolute atomic E-state index is 0.782. The number of nitrogens with one attached hydrogen (secondary N) is 1. The smallest absolute Gasteiger partial charge is 0.00884 e. The minimum Gasteiger partial charge on any atom is -0.317 e. The maximum Gasteiger partial charge on any atom is 0.00884 e. The van der Waals surface area contributed by atoms with E-state index in [1.54, 1.807) is 0 Å². The number of likely N-dealkylation sites (tertiary alicyclic amines) is 1. The number of hydrogen-bond donors (Lipinski definition) is 1. The first-order chi connectivity index (χ1) is 8.38. The van der Waals surface area contributed by atoms with Gasteiger partial charge in [-0.25, -0.2) is 0 Å². The van der Waals surface area contributed by atoms with E-state index in [9.17, 15) is 0 Å². The van der Waals surface area contributed by atoms with E-state index >= 15 is 0 Å². The average molecular weight is 238 g/mol. The molecule has 0 atom stereocenters. The average Bonchev–Trinajstić information content (AvgIpc) is 2.41. The van der Waals surface area contributed by atoms with Crippen molar-refractivity contribution in [2.45, 2.75) is 63.8 Å². The van der Waals surface area contributed by atoms with Crippen LogP contribution in [0, 0.1) is 5.92 Å². The van der Waals surface area contributed by atoms with Crippen LogP contribution in [0.25, 0.3) is 0 Å². The molecule has 2 fully saturated rings. The fourth-order valence-corrected chi connectivity index (χ4v) is 3.52. The number of rotatable bonds is 5. The third kappa shape index (κ3) is 4.59. The molecule has 1 saturated heterocycles. The van der Waals surface area contributed by atoms with Gasteiger partial charge in [0.15, 0.2) is 0 Å². The quantitative estimate of drug-likeness (QED) is 0.792. The van der Waals surface area contributed by atoms with Gasteiger partial charge in [0, 0.05) is 6.04 Å². The van der Waals surface area contributed by atoms with Crippen LogP contribution >= 0.6 is 0 Å². The molecule has 17 heavy (non-hydrogen) atoms. The molecule has 2 rings (SSSR count). The van der Waals surface area contributed by atoms with Crippen LogP contribution in [-0.4, -0.2) is 37.6 Å². The maximum atomic E-state index is 3.41. The first kappa shape index (κ1) is 13.4. The largest absolute Gasteiger partial charge is 0.317 e. The second-order valence-electron chi connectivity index (χ2n) is 6.05. The molecule has 2 aliphatic rings. The minimum atomic E-state index is 0.782. The standard InChI is InChI=1S/C15H30N2/c1-16-15-9-12-17(13-10-15)11-5-8-14-6-3-2-4-7-14/h14-16H,2-13H2,1H3. The van der Waals surface area contributed by atoms with Crippen molar-refractivity contribution in [3.8, 4) is 0 Å². The summed E-state index contributed by atoms with van der Waals surface area (Å²) in [6.45, 7) is 3.99. The Kier molecular flexibility index (Phi) is 5.79. The van der Waals surface area contributed by atoms with E-state index in [2.05, 4.69) is 17.3 Å². The lowest BCUT2D eigenvalue weighted by Crippen LogP contribution is -2.41. The Bertz CT molecular complexity index is 191. The van der Waals surface area contributed by atoms with Crippen LogP contribution in [0.5, 0.6) is 0 Å². The van der Waals surface area contributed by atoms with Crippen molar-refractivity contribution in [3.63, 3.8) is 0 Å². The van der Waals surface area contributed by atoms with Crippen molar-refractivity contribution in [1.29, 1.82) is 0 Å². The van der Waals surface area contributed by atoms with Gasteiger partial charge in [-0.15, -0.1) is 0 Å². The molecule has 1 heterocycles. The van der Waals surface area contributed by atoms with Gasteiger partial charge in [-0.05, 0) is 58.3 Å². The molecule has 0 radical (unpaired) electrons. The molecule has 0 amide bonds. The molecule has 0 aromatic rings. The summed E-state index contributed by atoms with van der Waals surface area (Å²) in [4.78, 5) is 2.68. The normalized spacial score (nSPS) is 25.2. The van der Waals surface area contributed by atoms with Gasteiger partial charge in [-0.2, -0.15) is 0 Å². The molecule has 1 saturated carbocycles. The third-order valence-corrected chi connectivity index (χ3v) is 4.81. The summed E-state index contributed by atoms with van der Waals surface area (Å²) >= 11 is 0. The van der Waals surface area contributed by atoms with Crippen LogP contribution in [0.4, 0.5) is 0 Å². The molecule has 1 N–H and O–H groups in total. The fraction of sp³-hybridized carbons (Fsp3) is 1.00. The second kappa shape index (κ2) is 7.38. The van der Waals surface area contributed by atoms with E-state index < -0.39 is 0 Å². The van der Waals surface area contributed by atoms with E-state index in [4.69, 9.17) is 0 Å². The number of piperidine rings is 1. The van der Waals surface area contributed by atoms with Crippen molar-refractivity contribution in [2.24, 2.45) is 5.92 Å². The highest BCUT2D eigenvalue weighted by Crippen LogP contribution is 2.27. The summed E-state index contributed by atoms with van der Waals surface area (Å²) in [6.07, 6.45) is 13.1. The Morgan fingerprint density at radius 3 is 2.35 bits per heavy atom. The molecule has 0 unspecified atom stereocenters. The molecule has 1 aliphatic carbocycles. The van der Waals surface area contributed by atoms with Crippen molar-refractivity contribution < 1.29 is 0 Å². The van der Waals surface area contributed by atoms with E-state index in [1.165, 1.54) is 77.4 Å². The zero-order valence-electron chi connectivity index (χ0n) is 11.6. The summed E-state index contributed by atoms with van der Waals surface area (Å²) in [5.41, 5.74) is 0. The Morgan fingerprint density at radius 2 is 1.71 bits per heavy atom. The lowest BCUT2D eigenvalue weighted by Gasteiger charge is -2.32. The van der Waals surface area contributed by atoms with Gasteiger partial charge in [0.2, 0.25) is 0 Å². The predicted molar refractivity (Wildman–Crippen MR) is 74.3 cm³/mol. The van der Waals surface area contributed by atoms with Gasteiger partial charge < -0.3 is 10.2 Å². The Labute approximate surface area is 107 Å². The fourth-order valence-electron chi connectivity index (χ4n) is 3.52. The summed E-state index contributed by atoms with van der Waals surface area (Å²) in [6, 6.07) is 0.782. The third-order valence-electron chi connectivity index (χ3n) is 4.81. The zero-order valence-corrected chi connectivity index (χ0v) is 11.6. The molecule has 1 aliphatic heterocycles. The van der Waals surface area contributed by atoms with Gasteiger partial charge >= 0.3 is 0 Å². The Balaban J connectivity index is 1.53. The van der Waals surface area contributed by atoms with Crippen molar-refractivity contribution in [1.82, 2.24) is 10.2 Å². The maximum absolute atomic E-state index is 3.41. The van der Waals surface area contributed by atoms with Crippen LogP contribution in [0.2, 0.25) is 0 Å². The molecule has 0 bridgehead atoms. The first-order valence-electron chi connectivity index (χ1n) is 7.78. The highest BCUT2D eigenvalue weighted by Gasteiger charge is 2.18. The topological polar surface area (TPSA) is 15.3 Å². The number of hydrogen-bond acceptors (Lipinski definition) is 2. The van der Waals surface area contributed by atoms with E-state index in [0.29, 0.717) is 0 Å². The van der Waals surface area contributed by atoms with E-state index in [-0.39, 0.29) is 0 Å². The van der Waals surface area contributed by atoms with Crippen molar-refractivity contribution >= 4 is 0 Å². The van der Waals surface area contributed by atoms with Crippen LogP contribution in [0.15, 0.2) is 0 Å². The first-order valence-corrected chi connectivity index (χ1v) is 7.78. The van der Waals surface area contributed by atoms with E-state index in [1.807, 2.05) is 0 Å². The molecule has 2 heteroatoms. The SMILES string of the molecule is CNC1CCN(CCCC2CCCCC2)CC1. The summed E-state index contributed by atoms with van der Waals surface area (Å²) < 4.78 is 0. The molecule has 100 valence electrons. The predicted octanol–water partition coefficient (Wildman–Crippen LogP) is 3.03. The van der Waals surface area contributed by atoms with Gasteiger partial charge in [0.1, 0.15) is 0 Å². The van der Waals surface area contributed by atoms with E-state index in [0.717, 1.165) is 12.0 Å². The van der Waals surface area contributed by atoms with Gasteiger partial charge in [0.25, 0.3) is 0 Å². The highest BCUT2D eigenvalue weighted by atomic mass is 15.1. The van der Waals surface area contributed by atoms with Gasteiger partial charge in [0.05, 0.1) is 0 Å². The molecule has 0 spiro atoms. The van der Waals surface area contributed by atoms with Crippen LogP contribution in [0.1, 0.15) is 57.8 Å². The van der Waals surface area contributed by atoms with Crippen LogP contribution < -0.4 is 5.32 Å². The highest BCUT2D eigenvalue weighted by molar-refractivity contribution is 4.76. The molecule has 0 aromatic carbocycles. The van der Waals surface area contributed by atoms with Crippen molar-refractivity contribution in [2.75, 3.05) is 26.7 Å². The lowest BCUT2D eigenvalue weighted by molar-refractivity contribution is 0.192. The van der Waals surface area contributed by atoms with Crippen LogP contribution in [-0.2, 0) is 0 Å². The van der Waals surface area contributed by atoms with Gasteiger partial charge in [-0.1, -0.05) is 32.1 Å².